The molecule has 3 aliphatic rings. The summed E-state index contributed by atoms with van der Waals surface area (Å²) in [6.07, 6.45) is 8.21. The predicted molar refractivity (Wildman–Crippen MR) is 141 cm³/mol. The van der Waals surface area contributed by atoms with Crippen molar-refractivity contribution < 1.29 is 17.9 Å². The minimum atomic E-state index is -3.19. The number of nitrogens with zero attached hydrogens (tertiary/aromatic N) is 1. The van der Waals surface area contributed by atoms with E-state index in [1.807, 2.05) is 12.1 Å². The Morgan fingerprint density at radius 2 is 1.92 bits per heavy atom. The number of methoxy groups -OCH3 is 2. The molecule has 8 nitrogen and oxygen atoms in total. The van der Waals surface area contributed by atoms with Gasteiger partial charge in [-0.15, -0.1) is 0 Å². The van der Waals surface area contributed by atoms with Gasteiger partial charge in [-0.1, -0.05) is 26.8 Å². The number of likely N-dealkylation sites (tertiary alicyclic amines) is 1. The standard InChI is InChI=1S/C27H39N3O5S/c1-27(2,3)23-14-21(20-9-10-24(34-4)29-26(20)31)19-8-7-18(13-22(19)25(23)35-5)30-12-11-17(16-30)15-28-36(6,32)33/h7,9-10,13,17,19,21,28H,8,11-12,14-16H2,1-6H3,(H,29,31)/t17-,19?,21?/m1/s1. The number of sulfonamides is 1. The van der Waals surface area contributed by atoms with E-state index >= 15 is 0 Å². The normalized spacial score (nSPS) is 24.8. The fourth-order valence-electron chi connectivity index (χ4n) is 5.76. The van der Waals surface area contributed by atoms with E-state index in [1.54, 1.807) is 14.2 Å². The third kappa shape index (κ3) is 5.57. The number of aromatic nitrogens is 1. The summed E-state index contributed by atoms with van der Waals surface area (Å²) < 4.78 is 37.0. The zero-order chi connectivity index (χ0) is 26.3. The molecular formula is C27H39N3O5S. The van der Waals surface area contributed by atoms with Gasteiger partial charge in [0.05, 0.1) is 20.5 Å². The van der Waals surface area contributed by atoms with Crippen molar-refractivity contribution in [2.75, 3.05) is 40.1 Å². The van der Waals surface area contributed by atoms with Gasteiger partial charge in [0.2, 0.25) is 10.0 Å². The van der Waals surface area contributed by atoms with Crippen LogP contribution in [-0.2, 0) is 14.8 Å². The maximum Gasteiger partial charge on any atom is 0.254 e. The lowest BCUT2D eigenvalue weighted by molar-refractivity contribution is 0.246. The van der Waals surface area contributed by atoms with E-state index < -0.39 is 10.0 Å². The quantitative estimate of drug-likeness (QED) is 0.574. The van der Waals surface area contributed by atoms with Crippen LogP contribution in [-0.4, -0.2) is 58.4 Å². The molecule has 1 aromatic rings. The van der Waals surface area contributed by atoms with Gasteiger partial charge in [0.1, 0.15) is 5.76 Å². The van der Waals surface area contributed by atoms with Crippen LogP contribution in [0.4, 0.5) is 0 Å². The van der Waals surface area contributed by atoms with Crippen molar-refractivity contribution in [3.05, 3.63) is 62.8 Å². The average Bonchev–Trinajstić information content (AvgIpc) is 3.29. The number of aromatic amines is 1. The number of hydrogen-bond acceptors (Lipinski definition) is 6. The molecule has 2 N–H and O–H groups in total. The minimum Gasteiger partial charge on any atom is -0.496 e. The summed E-state index contributed by atoms with van der Waals surface area (Å²) >= 11 is 0. The highest BCUT2D eigenvalue weighted by atomic mass is 32.2. The molecular weight excluding hydrogens is 478 g/mol. The minimum absolute atomic E-state index is 0.0297. The zero-order valence-electron chi connectivity index (χ0n) is 22.2. The first kappa shape index (κ1) is 26.5. The van der Waals surface area contributed by atoms with Crippen LogP contribution in [0.1, 0.15) is 51.5 Å². The largest absolute Gasteiger partial charge is 0.496 e. The van der Waals surface area contributed by atoms with Crippen LogP contribution in [0.2, 0.25) is 0 Å². The van der Waals surface area contributed by atoms with Crippen molar-refractivity contribution in [1.29, 1.82) is 0 Å². The van der Waals surface area contributed by atoms with E-state index in [2.05, 4.69) is 47.5 Å². The third-order valence-electron chi connectivity index (χ3n) is 7.66. The summed E-state index contributed by atoms with van der Waals surface area (Å²) in [5.74, 6) is 1.83. The van der Waals surface area contributed by atoms with Gasteiger partial charge in [0.15, 0.2) is 5.88 Å². The molecule has 9 heteroatoms. The lowest BCUT2D eigenvalue weighted by atomic mass is 9.65. The van der Waals surface area contributed by atoms with Crippen molar-refractivity contribution in [2.24, 2.45) is 17.3 Å². The summed E-state index contributed by atoms with van der Waals surface area (Å²) in [5.41, 5.74) is 4.05. The number of H-pyrrole nitrogens is 1. The fourth-order valence-corrected chi connectivity index (χ4v) is 6.30. The lowest BCUT2D eigenvalue weighted by Crippen LogP contribution is -2.33. The summed E-state index contributed by atoms with van der Waals surface area (Å²) in [6.45, 7) is 8.73. The summed E-state index contributed by atoms with van der Waals surface area (Å²) in [6, 6.07) is 3.72. The van der Waals surface area contributed by atoms with Gasteiger partial charge in [0, 0.05) is 42.4 Å². The van der Waals surface area contributed by atoms with Crippen LogP contribution in [0.3, 0.4) is 0 Å². The Morgan fingerprint density at radius 3 is 2.53 bits per heavy atom. The van der Waals surface area contributed by atoms with Gasteiger partial charge in [-0.05, 0) is 60.3 Å². The molecule has 2 heterocycles. The van der Waals surface area contributed by atoms with Gasteiger partial charge in [-0.2, -0.15) is 0 Å². The van der Waals surface area contributed by atoms with Crippen LogP contribution in [0.15, 0.2) is 51.7 Å². The van der Waals surface area contributed by atoms with Crippen molar-refractivity contribution >= 4 is 10.0 Å². The van der Waals surface area contributed by atoms with Crippen LogP contribution >= 0.6 is 0 Å². The summed E-state index contributed by atoms with van der Waals surface area (Å²) in [5, 5.41) is 0. The molecule has 0 spiro atoms. The number of allylic oxidation sites excluding steroid dienone is 4. The smallest absolute Gasteiger partial charge is 0.254 e. The van der Waals surface area contributed by atoms with Gasteiger partial charge in [-0.25, -0.2) is 13.1 Å². The van der Waals surface area contributed by atoms with E-state index in [-0.39, 0.29) is 28.7 Å². The van der Waals surface area contributed by atoms with E-state index in [9.17, 15) is 13.2 Å². The Balaban J connectivity index is 1.67. The molecule has 1 aromatic heterocycles. The maximum atomic E-state index is 13.0. The topological polar surface area (TPSA) is 101 Å². The molecule has 0 bridgehead atoms. The molecule has 0 amide bonds. The highest BCUT2D eigenvalue weighted by Crippen LogP contribution is 2.51. The molecule has 1 fully saturated rings. The number of rotatable bonds is 7. The molecule has 4 rings (SSSR count). The predicted octanol–water partition coefficient (Wildman–Crippen LogP) is 3.52. The van der Waals surface area contributed by atoms with Crippen LogP contribution in [0.5, 0.6) is 5.88 Å². The molecule has 0 aromatic carbocycles. The Labute approximate surface area is 214 Å². The van der Waals surface area contributed by atoms with Gasteiger partial charge >= 0.3 is 0 Å². The van der Waals surface area contributed by atoms with Crippen molar-refractivity contribution in [3.8, 4) is 5.88 Å². The van der Waals surface area contributed by atoms with Crippen molar-refractivity contribution in [3.63, 3.8) is 0 Å². The molecule has 2 unspecified atom stereocenters. The van der Waals surface area contributed by atoms with Crippen molar-refractivity contribution in [1.82, 2.24) is 14.6 Å². The number of fused-ring (bicyclic) bond motifs is 1. The number of pyridine rings is 1. The SMILES string of the molecule is COC1=C(C(C)(C)C)CC(c2ccc(OC)[nH]c2=O)C2CC=C(N3CC[C@H](CNS(C)(=O)=O)C3)C=C12. The van der Waals surface area contributed by atoms with E-state index in [4.69, 9.17) is 9.47 Å². The van der Waals surface area contributed by atoms with Crippen LogP contribution in [0, 0.1) is 17.3 Å². The molecule has 3 atom stereocenters. The molecule has 1 saturated heterocycles. The maximum absolute atomic E-state index is 13.0. The van der Waals surface area contributed by atoms with Crippen LogP contribution < -0.4 is 15.0 Å². The van der Waals surface area contributed by atoms with Gasteiger partial charge < -0.3 is 14.4 Å². The molecule has 1 aliphatic heterocycles. The first-order valence-electron chi connectivity index (χ1n) is 12.6. The second-order valence-corrected chi connectivity index (χ2v) is 13.0. The van der Waals surface area contributed by atoms with Crippen LogP contribution in [0.25, 0.3) is 0 Å². The van der Waals surface area contributed by atoms with Crippen molar-refractivity contribution in [2.45, 2.75) is 46.0 Å². The molecule has 0 radical (unpaired) electrons. The Morgan fingerprint density at radius 1 is 1.17 bits per heavy atom. The first-order valence-corrected chi connectivity index (χ1v) is 14.5. The highest BCUT2D eigenvalue weighted by molar-refractivity contribution is 7.88. The highest BCUT2D eigenvalue weighted by Gasteiger charge is 2.41. The Kier molecular flexibility index (Phi) is 7.44. The lowest BCUT2D eigenvalue weighted by Gasteiger charge is -2.42. The molecule has 198 valence electrons. The summed E-state index contributed by atoms with van der Waals surface area (Å²) in [7, 11) is 0.0885. The fraction of sp³-hybridized carbons (Fsp3) is 0.593. The molecule has 36 heavy (non-hydrogen) atoms. The number of nitrogens with one attached hydrogen (secondary N) is 2. The molecule has 0 saturated carbocycles. The zero-order valence-corrected chi connectivity index (χ0v) is 23.0. The Bertz CT molecular complexity index is 1250. The summed E-state index contributed by atoms with van der Waals surface area (Å²) in [4.78, 5) is 18.2. The second-order valence-electron chi connectivity index (χ2n) is 11.2. The first-order chi connectivity index (χ1) is 16.9. The van der Waals surface area contributed by atoms with Gasteiger partial charge in [0.25, 0.3) is 5.56 Å². The third-order valence-corrected chi connectivity index (χ3v) is 8.35. The second kappa shape index (κ2) is 10.1. The average molecular weight is 518 g/mol. The monoisotopic (exact) mass is 517 g/mol. The van der Waals surface area contributed by atoms with E-state index in [0.29, 0.717) is 12.4 Å². The Hall–Kier alpha value is -2.52. The number of ether oxygens (including phenoxy) is 2. The number of hydrogen-bond donors (Lipinski definition) is 2. The molecule has 2 aliphatic carbocycles. The van der Waals surface area contributed by atoms with E-state index in [1.165, 1.54) is 11.8 Å². The van der Waals surface area contributed by atoms with E-state index in [0.717, 1.165) is 54.9 Å². The van der Waals surface area contributed by atoms with Gasteiger partial charge in [-0.3, -0.25) is 9.78 Å².